The third-order valence-electron chi connectivity index (χ3n) is 4.92. The fourth-order valence-corrected chi connectivity index (χ4v) is 3.57. The number of hydrogen-bond donors (Lipinski definition) is 1. The molecule has 1 aliphatic rings. The predicted octanol–water partition coefficient (Wildman–Crippen LogP) is 3.95. The van der Waals surface area contributed by atoms with E-state index in [0.717, 1.165) is 0 Å². The van der Waals surface area contributed by atoms with Crippen molar-refractivity contribution in [2.24, 2.45) is 5.92 Å². The van der Waals surface area contributed by atoms with Crippen molar-refractivity contribution in [2.45, 2.75) is 25.9 Å². The van der Waals surface area contributed by atoms with Crippen LogP contribution in [0.3, 0.4) is 0 Å². The molecule has 0 spiro atoms. The first-order valence-electron chi connectivity index (χ1n) is 9.62. The molecule has 1 aliphatic heterocycles. The standard InChI is InChI=1S/C21H20Cl2FN3O4/c1-12(19(28)26-18-17(23)10-15(22)11-25-18)31-21(30)14-6-8-27(9-7-14)20(29)13-2-4-16(24)5-3-13/h2-5,10-12,14H,6-9H2,1H3,(H,25,26,28)/t12-/m1/s1. The van der Waals surface area contributed by atoms with Crippen molar-refractivity contribution in [3.63, 3.8) is 0 Å². The Balaban J connectivity index is 1.49. The van der Waals surface area contributed by atoms with Gasteiger partial charge in [0.05, 0.1) is 16.0 Å². The Bertz CT molecular complexity index is 979. The third kappa shape index (κ3) is 5.92. The largest absolute Gasteiger partial charge is 0.452 e. The quantitative estimate of drug-likeness (QED) is 0.672. The van der Waals surface area contributed by atoms with E-state index < -0.39 is 29.7 Å². The number of nitrogens with zero attached hydrogens (tertiary/aromatic N) is 2. The number of anilines is 1. The Labute approximate surface area is 188 Å². The number of esters is 1. The number of piperidine rings is 1. The first-order chi connectivity index (χ1) is 14.7. The number of ether oxygens (including phenoxy) is 1. The number of benzene rings is 1. The van der Waals surface area contributed by atoms with E-state index in [1.807, 2.05) is 0 Å². The molecule has 0 bridgehead atoms. The van der Waals surface area contributed by atoms with Gasteiger partial charge in [0.2, 0.25) is 0 Å². The van der Waals surface area contributed by atoms with Gasteiger partial charge in [-0.15, -0.1) is 0 Å². The predicted molar refractivity (Wildman–Crippen MR) is 113 cm³/mol. The summed E-state index contributed by atoms with van der Waals surface area (Å²) in [6.07, 6.45) is 1.09. The summed E-state index contributed by atoms with van der Waals surface area (Å²) >= 11 is 11.7. The van der Waals surface area contributed by atoms with E-state index in [4.69, 9.17) is 27.9 Å². The number of nitrogens with one attached hydrogen (secondary N) is 1. The van der Waals surface area contributed by atoms with Crippen LogP contribution in [0.25, 0.3) is 0 Å². The number of halogens is 3. The van der Waals surface area contributed by atoms with Crippen LogP contribution in [-0.2, 0) is 14.3 Å². The van der Waals surface area contributed by atoms with Gasteiger partial charge in [0.15, 0.2) is 11.9 Å². The number of carbonyl (C=O) groups excluding carboxylic acids is 3. The SMILES string of the molecule is C[C@@H](OC(=O)C1CCN(C(=O)c2ccc(F)cc2)CC1)C(=O)Nc1ncc(Cl)cc1Cl. The van der Waals surface area contributed by atoms with E-state index in [1.165, 1.54) is 43.5 Å². The topological polar surface area (TPSA) is 88.6 Å². The molecule has 10 heteroatoms. The zero-order chi connectivity index (χ0) is 22.5. The van der Waals surface area contributed by atoms with Crippen LogP contribution in [0.15, 0.2) is 36.5 Å². The van der Waals surface area contributed by atoms with Crippen molar-refractivity contribution in [1.82, 2.24) is 9.88 Å². The first kappa shape index (κ1) is 23.0. The molecule has 7 nitrogen and oxygen atoms in total. The molecule has 2 amide bonds. The minimum Gasteiger partial charge on any atom is -0.452 e. The first-order valence-corrected chi connectivity index (χ1v) is 10.4. The molecular weight excluding hydrogens is 448 g/mol. The second-order valence-corrected chi connectivity index (χ2v) is 7.97. The average molecular weight is 468 g/mol. The lowest BCUT2D eigenvalue weighted by molar-refractivity contribution is -0.158. The summed E-state index contributed by atoms with van der Waals surface area (Å²) in [4.78, 5) is 42.8. The Morgan fingerprint density at radius 1 is 1.19 bits per heavy atom. The highest BCUT2D eigenvalue weighted by atomic mass is 35.5. The summed E-state index contributed by atoms with van der Waals surface area (Å²) in [7, 11) is 0. The van der Waals surface area contributed by atoms with Crippen LogP contribution in [-0.4, -0.2) is 46.9 Å². The lowest BCUT2D eigenvalue weighted by Crippen LogP contribution is -2.41. The van der Waals surface area contributed by atoms with Crippen LogP contribution < -0.4 is 5.32 Å². The summed E-state index contributed by atoms with van der Waals surface area (Å²) in [6, 6.07) is 6.76. The van der Waals surface area contributed by atoms with E-state index in [-0.39, 0.29) is 16.7 Å². The molecule has 0 aliphatic carbocycles. The second-order valence-electron chi connectivity index (χ2n) is 7.13. The van der Waals surface area contributed by atoms with E-state index in [2.05, 4.69) is 10.3 Å². The molecule has 1 fully saturated rings. The number of amides is 2. The van der Waals surface area contributed by atoms with Gasteiger partial charge in [-0.05, 0) is 50.1 Å². The summed E-state index contributed by atoms with van der Waals surface area (Å²) < 4.78 is 18.3. The average Bonchev–Trinajstić information content (AvgIpc) is 2.75. The van der Waals surface area contributed by atoms with Gasteiger partial charge in [0, 0.05) is 24.8 Å². The van der Waals surface area contributed by atoms with Crippen LogP contribution >= 0.6 is 23.2 Å². The molecule has 1 atom stereocenters. The van der Waals surface area contributed by atoms with Crippen molar-refractivity contribution in [3.05, 3.63) is 58.0 Å². The van der Waals surface area contributed by atoms with Crippen LogP contribution in [0.5, 0.6) is 0 Å². The van der Waals surface area contributed by atoms with E-state index in [9.17, 15) is 18.8 Å². The number of likely N-dealkylation sites (tertiary alicyclic amines) is 1. The Hall–Kier alpha value is -2.71. The van der Waals surface area contributed by atoms with Crippen LogP contribution in [0, 0.1) is 11.7 Å². The van der Waals surface area contributed by atoms with Gasteiger partial charge in [-0.2, -0.15) is 0 Å². The van der Waals surface area contributed by atoms with Gasteiger partial charge in [-0.3, -0.25) is 14.4 Å². The number of hydrogen-bond acceptors (Lipinski definition) is 5. The van der Waals surface area contributed by atoms with Gasteiger partial charge in [-0.25, -0.2) is 9.37 Å². The van der Waals surface area contributed by atoms with Crippen LogP contribution in [0.1, 0.15) is 30.1 Å². The van der Waals surface area contributed by atoms with Crippen molar-refractivity contribution < 1.29 is 23.5 Å². The monoisotopic (exact) mass is 467 g/mol. The Morgan fingerprint density at radius 3 is 2.45 bits per heavy atom. The molecule has 1 aromatic heterocycles. The molecule has 0 radical (unpaired) electrons. The summed E-state index contributed by atoms with van der Waals surface area (Å²) in [5.41, 5.74) is 0.391. The second kappa shape index (κ2) is 10.1. The molecule has 31 heavy (non-hydrogen) atoms. The van der Waals surface area contributed by atoms with Crippen molar-refractivity contribution in [3.8, 4) is 0 Å². The number of rotatable bonds is 5. The van der Waals surface area contributed by atoms with Gasteiger partial charge < -0.3 is 15.0 Å². The maximum absolute atomic E-state index is 13.0. The maximum atomic E-state index is 13.0. The van der Waals surface area contributed by atoms with E-state index >= 15 is 0 Å². The molecule has 1 N–H and O–H groups in total. The lowest BCUT2D eigenvalue weighted by Gasteiger charge is -2.31. The van der Waals surface area contributed by atoms with Crippen LogP contribution in [0.4, 0.5) is 10.2 Å². The number of carbonyl (C=O) groups is 3. The molecule has 164 valence electrons. The summed E-state index contributed by atoms with van der Waals surface area (Å²) in [5, 5.41) is 2.98. The number of aromatic nitrogens is 1. The maximum Gasteiger partial charge on any atom is 0.309 e. The highest BCUT2D eigenvalue weighted by Crippen LogP contribution is 2.24. The van der Waals surface area contributed by atoms with Crippen molar-refractivity contribution in [2.75, 3.05) is 18.4 Å². The van der Waals surface area contributed by atoms with Gasteiger partial charge in [0.1, 0.15) is 5.82 Å². The Morgan fingerprint density at radius 2 is 1.84 bits per heavy atom. The summed E-state index contributed by atoms with van der Waals surface area (Å²) in [5.74, 6) is -2.02. The highest BCUT2D eigenvalue weighted by molar-refractivity contribution is 6.36. The molecular formula is C21H20Cl2FN3O4. The Kier molecular flexibility index (Phi) is 7.46. The van der Waals surface area contributed by atoms with Gasteiger partial charge in [-0.1, -0.05) is 23.2 Å². The molecule has 2 heterocycles. The zero-order valence-electron chi connectivity index (χ0n) is 16.6. The fraction of sp³-hybridized carbons (Fsp3) is 0.333. The molecule has 2 aromatic rings. The molecule has 0 saturated carbocycles. The van der Waals surface area contributed by atoms with Gasteiger partial charge in [0.25, 0.3) is 11.8 Å². The summed E-state index contributed by atoms with van der Waals surface area (Å²) in [6.45, 7) is 2.17. The molecule has 1 aromatic carbocycles. The van der Waals surface area contributed by atoms with Crippen LogP contribution in [0.2, 0.25) is 10.0 Å². The van der Waals surface area contributed by atoms with E-state index in [1.54, 1.807) is 4.90 Å². The molecule has 3 rings (SSSR count). The third-order valence-corrected chi connectivity index (χ3v) is 5.41. The minimum absolute atomic E-state index is 0.117. The molecule has 0 unspecified atom stereocenters. The fourth-order valence-electron chi connectivity index (χ4n) is 3.14. The lowest BCUT2D eigenvalue weighted by atomic mass is 9.96. The highest BCUT2D eigenvalue weighted by Gasteiger charge is 2.31. The van der Waals surface area contributed by atoms with Crippen molar-refractivity contribution >= 4 is 46.8 Å². The van der Waals surface area contributed by atoms with Gasteiger partial charge >= 0.3 is 5.97 Å². The molecule has 1 saturated heterocycles. The minimum atomic E-state index is -1.06. The smallest absolute Gasteiger partial charge is 0.309 e. The zero-order valence-corrected chi connectivity index (χ0v) is 18.1. The normalized spacial score (nSPS) is 15.3. The van der Waals surface area contributed by atoms with Crippen molar-refractivity contribution in [1.29, 1.82) is 0 Å². The number of pyridine rings is 1. The van der Waals surface area contributed by atoms with E-state index in [0.29, 0.717) is 36.5 Å².